The van der Waals surface area contributed by atoms with Gasteiger partial charge >= 0.3 is 5.97 Å². The summed E-state index contributed by atoms with van der Waals surface area (Å²) in [5.74, 6) is -1.35. The average molecular weight is 351 g/mol. The molecule has 1 aliphatic rings. The van der Waals surface area contributed by atoms with E-state index in [1.54, 1.807) is 17.0 Å². The van der Waals surface area contributed by atoms with Crippen LogP contribution in [0.15, 0.2) is 29.6 Å². The van der Waals surface area contributed by atoms with Gasteiger partial charge in [-0.1, -0.05) is 23.7 Å². The minimum absolute atomic E-state index is 0.0679. The van der Waals surface area contributed by atoms with E-state index in [0.717, 1.165) is 10.6 Å². The normalized spacial score (nSPS) is 17.4. The predicted molar refractivity (Wildman–Crippen MR) is 88.6 cm³/mol. The Morgan fingerprint density at radius 2 is 2.09 bits per heavy atom. The van der Waals surface area contributed by atoms with Crippen LogP contribution in [-0.2, 0) is 16.0 Å². The van der Waals surface area contributed by atoms with Crippen molar-refractivity contribution < 1.29 is 14.7 Å². The number of hydrogen-bond donors (Lipinski definition) is 1. The highest BCUT2D eigenvalue weighted by molar-refractivity contribution is 7.13. The van der Waals surface area contributed by atoms with Crippen LogP contribution in [0.5, 0.6) is 0 Å². The Morgan fingerprint density at radius 3 is 2.74 bits per heavy atom. The maximum atomic E-state index is 12.3. The third kappa shape index (κ3) is 3.71. The molecule has 0 radical (unpaired) electrons. The van der Waals surface area contributed by atoms with E-state index in [-0.39, 0.29) is 12.3 Å². The molecule has 2 heterocycles. The highest BCUT2D eigenvalue weighted by Crippen LogP contribution is 2.26. The molecule has 0 bridgehead atoms. The summed E-state index contributed by atoms with van der Waals surface area (Å²) in [6.45, 7) is 0.798. The lowest BCUT2D eigenvalue weighted by Crippen LogP contribution is -2.31. The van der Waals surface area contributed by atoms with Gasteiger partial charge in [0.05, 0.1) is 18.0 Å². The van der Waals surface area contributed by atoms with Gasteiger partial charge in [0.2, 0.25) is 5.91 Å². The summed E-state index contributed by atoms with van der Waals surface area (Å²) in [6.07, 6.45) is 0.727. The Bertz CT molecular complexity index is 729. The maximum absolute atomic E-state index is 12.3. The molecule has 2 aromatic rings. The van der Waals surface area contributed by atoms with Crippen LogP contribution >= 0.6 is 22.9 Å². The van der Waals surface area contributed by atoms with E-state index in [0.29, 0.717) is 30.2 Å². The van der Waals surface area contributed by atoms with Crippen LogP contribution in [0.25, 0.3) is 10.6 Å². The van der Waals surface area contributed by atoms with Crippen LogP contribution in [0, 0.1) is 5.92 Å². The number of hydrogen-bond acceptors (Lipinski definition) is 4. The summed E-state index contributed by atoms with van der Waals surface area (Å²) in [5.41, 5.74) is 1.67. The number of halogens is 1. The van der Waals surface area contributed by atoms with Gasteiger partial charge < -0.3 is 10.0 Å². The first-order valence-electron chi connectivity index (χ1n) is 7.24. The molecule has 5 nitrogen and oxygen atoms in total. The number of carbonyl (C=O) groups excluding carboxylic acids is 1. The average Bonchev–Trinajstić information content (AvgIpc) is 3.17. The van der Waals surface area contributed by atoms with E-state index in [1.165, 1.54) is 11.3 Å². The molecule has 0 spiro atoms. The summed E-state index contributed by atoms with van der Waals surface area (Å²) < 4.78 is 0. The second-order valence-corrected chi connectivity index (χ2v) is 6.79. The first-order valence-corrected chi connectivity index (χ1v) is 8.49. The molecule has 1 amide bonds. The molecule has 1 N–H and O–H groups in total. The smallest absolute Gasteiger partial charge is 0.308 e. The number of likely N-dealkylation sites (tertiary alicyclic amines) is 1. The number of carbonyl (C=O) groups is 2. The van der Waals surface area contributed by atoms with Crippen LogP contribution in [-0.4, -0.2) is 40.0 Å². The molecule has 1 aromatic carbocycles. The van der Waals surface area contributed by atoms with Crippen molar-refractivity contribution in [3.8, 4) is 10.6 Å². The van der Waals surface area contributed by atoms with Gasteiger partial charge in [0, 0.05) is 29.1 Å². The van der Waals surface area contributed by atoms with Gasteiger partial charge in [-0.25, -0.2) is 4.98 Å². The van der Waals surface area contributed by atoms with E-state index in [4.69, 9.17) is 16.7 Å². The van der Waals surface area contributed by atoms with Gasteiger partial charge in [-0.2, -0.15) is 0 Å². The summed E-state index contributed by atoms with van der Waals surface area (Å²) in [5, 5.41) is 12.4. The number of aromatic nitrogens is 1. The van der Waals surface area contributed by atoms with E-state index >= 15 is 0 Å². The zero-order valence-electron chi connectivity index (χ0n) is 12.2. The van der Waals surface area contributed by atoms with Crippen LogP contribution in [0.4, 0.5) is 0 Å². The lowest BCUT2D eigenvalue weighted by molar-refractivity contribution is -0.141. The first kappa shape index (κ1) is 16.0. The number of aliphatic carboxylic acids is 1. The molecule has 1 fully saturated rings. The SMILES string of the molecule is O=C(O)C1CCN(C(=O)Cc2csc(-c3ccc(Cl)cc3)n2)C1. The van der Waals surface area contributed by atoms with Gasteiger partial charge in [-0.15, -0.1) is 11.3 Å². The van der Waals surface area contributed by atoms with Crippen LogP contribution < -0.4 is 0 Å². The molecule has 1 atom stereocenters. The number of nitrogens with zero attached hydrogens (tertiary/aromatic N) is 2. The van der Waals surface area contributed by atoms with Crippen molar-refractivity contribution in [3.63, 3.8) is 0 Å². The Hall–Kier alpha value is -1.92. The van der Waals surface area contributed by atoms with Crippen molar-refractivity contribution in [2.24, 2.45) is 5.92 Å². The van der Waals surface area contributed by atoms with Crippen LogP contribution in [0.3, 0.4) is 0 Å². The Morgan fingerprint density at radius 1 is 1.35 bits per heavy atom. The first-order chi connectivity index (χ1) is 11.0. The van der Waals surface area contributed by atoms with E-state index in [1.807, 2.05) is 17.5 Å². The monoisotopic (exact) mass is 350 g/mol. The molecule has 1 aromatic heterocycles. The Kier molecular flexibility index (Phi) is 4.63. The van der Waals surface area contributed by atoms with E-state index < -0.39 is 11.9 Å². The van der Waals surface area contributed by atoms with Crippen LogP contribution in [0.2, 0.25) is 5.02 Å². The minimum Gasteiger partial charge on any atom is -0.481 e. The second kappa shape index (κ2) is 6.68. The quantitative estimate of drug-likeness (QED) is 0.920. The number of thiazole rings is 1. The zero-order chi connectivity index (χ0) is 16.4. The fourth-order valence-corrected chi connectivity index (χ4v) is 3.52. The molecule has 1 unspecified atom stereocenters. The number of amides is 1. The van der Waals surface area contributed by atoms with Crippen molar-refractivity contribution in [2.75, 3.05) is 13.1 Å². The molecule has 0 aliphatic carbocycles. The maximum Gasteiger partial charge on any atom is 0.308 e. The number of benzene rings is 1. The third-order valence-electron chi connectivity index (χ3n) is 3.87. The number of rotatable bonds is 4. The molecule has 0 saturated carbocycles. The van der Waals surface area contributed by atoms with Crippen molar-refractivity contribution in [2.45, 2.75) is 12.8 Å². The Labute approximate surface area is 142 Å². The summed E-state index contributed by atoms with van der Waals surface area (Å²) in [4.78, 5) is 29.3. The highest BCUT2D eigenvalue weighted by atomic mass is 35.5. The van der Waals surface area contributed by atoms with Gasteiger partial charge in [0.15, 0.2) is 0 Å². The molecule has 3 rings (SSSR count). The molecule has 1 aliphatic heterocycles. The zero-order valence-corrected chi connectivity index (χ0v) is 13.8. The molecule has 120 valence electrons. The Balaban J connectivity index is 1.64. The fourth-order valence-electron chi connectivity index (χ4n) is 2.57. The van der Waals surface area contributed by atoms with Gasteiger partial charge in [-0.3, -0.25) is 9.59 Å². The molecular weight excluding hydrogens is 336 g/mol. The third-order valence-corrected chi connectivity index (χ3v) is 5.06. The molecule has 1 saturated heterocycles. The second-order valence-electron chi connectivity index (χ2n) is 5.49. The molecule has 23 heavy (non-hydrogen) atoms. The highest BCUT2D eigenvalue weighted by Gasteiger charge is 2.30. The summed E-state index contributed by atoms with van der Waals surface area (Å²) >= 11 is 7.35. The standard InChI is InChI=1S/C16H15ClN2O3S/c17-12-3-1-10(2-4-12)15-18-13(9-23-15)7-14(20)19-6-5-11(8-19)16(21)22/h1-4,9,11H,5-8H2,(H,21,22). The van der Waals surface area contributed by atoms with E-state index in [2.05, 4.69) is 4.98 Å². The van der Waals surface area contributed by atoms with Gasteiger partial charge in [0.25, 0.3) is 0 Å². The van der Waals surface area contributed by atoms with Crippen molar-refractivity contribution in [1.82, 2.24) is 9.88 Å². The van der Waals surface area contributed by atoms with Crippen molar-refractivity contribution in [3.05, 3.63) is 40.4 Å². The largest absolute Gasteiger partial charge is 0.481 e. The van der Waals surface area contributed by atoms with E-state index in [9.17, 15) is 9.59 Å². The molecule has 7 heteroatoms. The number of carboxylic acid groups (broad SMARTS) is 1. The van der Waals surface area contributed by atoms with Gasteiger partial charge in [-0.05, 0) is 18.6 Å². The van der Waals surface area contributed by atoms with Crippen molar-refractivity contribution in [1.29, 1.82) is 0 Å². The van der Waals surface area contributed by atoms with Crippen LogP contribution in [0.1, 0.15) is 12.1 Å². The predicted octanol–water partition coefficient (Wildman–Crippen LogP) is 2.94. The lowest BCUT2D eigenvalue weighted by atomic mass is 10.1. The minimum atomic E-state index is -0.834. The summed E-state index contributed by atoms with van der Waals surface area (Å²) in [6, 6.07) is 7.40. The van der Waals surface area contributed by atoms with Crippen molar-refractivity contribution >= 4 is 34.8 Å². The van der Waals surface area contributed by atoms with Gasteiger partial charge in [0.1, 0.15) is 5.01 Å². The summed E-state index contributed by atoms with van der Waals surface area (Å²) in [7, 11) is 0. The fraction of sp³-hybridized carbons (Fsp3) is 0.312. The number of carboxylic acids is 1. The lowest BCUT2D eigenvalue weighted by Gasteiger charge is -2.14. The topological polar surface area (TPSA) is 70.5 Å². The molecular formula is C16H15ClN2O3S.